The quantitative estimate of drug-likeness (QED) is 0.856. The molecule has 17 heavy (non-hydrogen) atoms. The fourth-order valence-electron chi connectivity index (χ4n) is 2.98. The fraction of sp³-hybridized carbons (Fsp3) is 0.571. The fourth-order valence-corrected chi connectivity index (χ4v) is 2.98. The minimum absolute atomic E-state index is 0.178. The zero-order valence-electron chi connectivity index (χ0n) is 10.2. The van der Waals surface area contributed by atoms with Gasteiger partial charge in [0.2, 0.25) is 0 Å². The van der Waals surface area contributed by atoms with Crippen molar-refractivity contribution >= 4 is 5.69 Å². The van der Waals surface area contributed by atoms with Gasteiger partial charge < -0.3 is 15.4 Å². The van der Waals surface area contributed by atoms with Crippen LogP contribution in [0.4, 0.5) is 5.69 Å². The zero-order valence-corrected chi connectivity index (χ0v) is 10.2. The average Bonchev–Trinajstić information content (AvgIpc) is 2.99. The minimum Gasteiger partial charge on any atom is -0.381 e. The lowest BCUT2D eigenvalue weighted by Gasteiger charge is -2.32. The lowest BCUT2D eigenvalue weighted by Crippen LogP contribution is -2.42. The summed E-state index contributed by atoms with van der Waals surface area (Å²) < 4.78 is 5.54. The van der Waals surface area contributed by atoms with E-state index in [0.717, 1.165) is 45.7 Å². The molecule has 0 radical (unpaired) electrons. The van der Waals surface area contributed by atoms with Gasteiger partial charge in [0.25, 0.3) is 0 Å². The summed E-state index contributed by atoms with van der Waals surface area (Å²) in [6.45, 7) is 4.59. The molecule has 2 aliphatic heterocycles. The van der Waals surface area contributed by atoms with Crippen molar-refractivity contribution in [2.45, 2.75) is 12.8 Å². The number of fused-ring (bicyclic) bond motifs is 1. The molecule has 0 amide bonds. The molecule has 3 rings (SSSR count). The van der Waals surface area contributed by atoms with Crippen LogP contribution >= 0.6 is 0 Å². The number of hydrogen-bond donors (Lipinski definition) is 1. The van der Waals surface area contributed by atoms with Crippen molar-refractivity contribution in [1.29, 1.82) is 0 Å². The molecule has 0 aromatic heterocycles. The number of rotatable bonds is 3. The van der Waals surface area contributed by atoms with Gasteiger partial charge in [0, 0.05) is 37.3 Å². The Balaban J connectivity index is 1.79. The van der Waals surface area contributed by atoms with Gasteiger partial charge in [-0.3, -0.25) is 0 Å². The van der Waals surface area contributed by atoms with Gasteiger partial charge >= 0.3 is 0 Å². The van der Waals surface area contributed by atoms with Crippen LogP contribution in [0, 0.1) is 5.41 Å². The van der Waals surface area contributed by atoms with Crippen LogP contribution in [-0.4, -0.2) is 32.8 Å². The van der Waals surface area contributed by atoms with E-state index >= 15 is 0 Å². The Hall–Kier alpha value is -1.06. The van der Waals surface area contributed by atoms with Crippen molar-refractivity contribution in [3.63, 3.8) is 0 Å². The lowest BCUT2D eigenvalue weighted by molar-refractivity contribution is 0.157. The predicted octanol–water partition coefficient (Wildman–Crippen LogP) is 1.41. The first-order valence-electron chi connectivity index (χ1n) is 6.44. The molecular weight excluding hydrogens is 212 g/mol. The summed E-state index contributed by atoms with van der Waals surface area (Å²) in [4.78, 5) is 2.48. The molecule has 0 saturated carbocycles. The molecule has 92 valence electrons. The van der Waals surface area contributed by atoms with Gasteiger partial charge in [-0.05, 0) is 24.5 Å². The van der Waals surface area contributed by atoms with Crippen LogP contribution in [0.25, 0.3) is 0 Å². The third-order valence-electron chi connectivity index (χ3n) is 4.13. The summed E-state index contributed by atoms with van der Waals surface area (Å²) >= 11 is 0. The minimum atomic E-state index is 0.178. The highest BCUT2D eigenvalue weighted by Gasteiger charge is 2.36. The number of nitrogens with zero attached hydrogens (tertiary/aromatic N) is 1. The second kappa shape index (κ2) is 4.31. The van der Waals surface area contributed by atoms with Crippen LogP contribution in [0.3, 0.4) is 0 Å². The monoisotopic (exact) mass is 232 g/mol. The summed E-state index contributed by atoms with van der Waals surface area (Å²) in [6.07, 6.45) is 2.26. The first kappa shape index (κ1) is 11.1. The highest BCUT2D eigenvalue weighted by atomic mass is 16.5. The molecule has 2 heterocycles. The summed E-state index contributed by atoms with van der Waals surface area (Å²) in [5, 5.41) is 0. The Morgan fingerprint density at radius 1 is 1.35 bits per heavy atom. The van der Waals surface area contributed by atoms with E-state index in [-0.39, 0.29) is 5.41 Å². The molecule has 1 saturated heterocycles. The van der Waals surface area contributed by atoms with Gasteiger partial charge in [-0.25, -0.2) is 0 Å². The van der Waals surface area contributed by atoms with Crippen LogP contribution in [0.1, 0.15) is 12.0 Å². The van der Waals surface area contributed by atoms with Crippen molar-refractivity contribution in [3.05, 3.63) is 29.8 Å². The van der Waals surface area contributed by atoms with Crippen molar-refractivity contribution < 1.29 is 4.74 Å². The highest BCUT2D eigenvalue weighted by Crippen LogP contribution is 2.34. The summed E-state index contributed by atoms with van der Waals surface area (Å²) in [7, 11) is 0. The van der Waals surface area contributed by atoms with E-state index in [0.29, 0.717) is 0 Å². The second-order valence-electron chi connectivity index (χ2n) is 5.31. The van der Waals surface area contributed by atoms with Crippen LogP contribution in [0.2, 0.25) is 0 Å². The Labute approximate surface area is 103 Å². The molecule has 1 unspecified atom stereocenters. The molecule has 1 aromatic rings. The summed E-state index contributed by atoms with van der Waals surface area (Å²) in [6, 6.07) is 8.70. The van der Waals surface area contributed by atoms with Crippen LogP contribution < -0.4 is 10.6 Å². The standard InChI is InChI=1S/C14H20N2O/c15-9-14(6-8-17-11-14)10-16-7-5-12-3-1-2-4-13(12)16/h1-4H,5-11,15H2. The van der Waals surface area contributed by atoms with Crippen molar-refractivity contribution in [3.8, 4) is 0 Å². The Bertz CT molecular complexity index is 399. The van der Waals surface area contributed by atoms with Gasteiger partial charge in [-0.15, -0.1) is 0 Å². The van der Waals surface area contributed by atoms with E-state index in [1.807, 2.05) is 0 Å². The number of para-hydroxylation sites is 1. The first-order valence-corrected chi connectivity index (χ1v) is 6.44. The van der Waals surface area contributed by atoms with Crippen molar-refractivity contribution in [2.75, 3.05) is 37.7 Å². The molecule has 1 fully saturated rings. The van der Waals surface area contributed by atoms with Gasteiger partial charge in [0.05, 0.1) is 6.61 Å². The molecule has 3 heteroatoms. The molecule has 1 atom stereocenters. The number of benzene rings is 1. The Morgan fingerprint density at radius 2 is 2.24 bits per heavy atom. The number of hydrogen-bond acceptors (Lipinski definition) is 3. The summed E-state index contributed by atoms with van der Waals surface area (Å²) in [5.74, 6) is 0. The Morgan fingerprint density at radius 3 is 3.00 bits per heavy atom. The molecule has 2 aliphatic rings. The van der Waals surface area contributed by atoms with E-state index < -0.39 is 0 Å². The smallest absolute Gasteiger partial charge is 0.0552 e. The maximum absolute atomic E-state index is 5.96. The van der Waals surface area contributed by atoms with Gasteiger partial charge in [0.1, 0.15) is 0 Å². The number of anilines is 1. The molecule has 2 N–H and O–H groups in total. The van der Waals surface area contributed by atoms with E-state index in [4.69, 9.17) is 10.5 Å². The zero-order chi connectivity index (χ0) is 11.7. The third kappa shape index (κ3) is 1.94. The van der Waals surface area contributed by atoms with Crippen molar-refractivity contribution in [2.24, 2.45) is 11.1 Å². The molecule has 1 aromatic carbocycles. The van der Waals surface area contributed by atoms with E-state index in [1.165, 1.54) is 11.3 Å². The largest absolute Gasteiger partial charge is 0.381 e. The molecule has 0 bridgehead atoms. The predicted molar refractivity (Wildman–Crippen MR) is 69.3 cm³/mol. The number of ether oxygens (including phenoxy) is 1. The van der Waals surface area contributed by atoms with Crippen LogP contribution in [-0.2, 0) is 11.2 Å². The maximum atomic E-state index is 5.96. The SMILES string of the molecule is NCC1(CN2CCc3ccccc32)CCOC1. The second-order valence-corrected chi connectivity index (χ2v) is 5.31. The van der Waals surface area contributed by atoms with Crippen molar-refractivity contribution in [1.82, 2.24) is 0 Å². The maximum Gasteiger partial charge on any atom is 0.0552 e. The Kier molecular flexibility index (Phi) is 2.81. The van der Waals surface area contributed by atoms with E-state index in [1.54, 1.807) is 0 Å². The average molecular weight is 232 g/mol. The summed E-state index contributed by atoms with van der Waals surface area (Å²) in [5.41, 5.74) is 9.00. The molecule has 0 spiro atoms. The molecule has 0 aliphatic carbocycles. The number of nitrogens with two attached hydrogens (primary N) is 1. The van der Waals surface area contributed by atoms with Gasteiger partial charge in [0.15, 0.2) is 0 Å². The van der Waals surface area contributed by atoms with Crippen LogP contribution in [0.5, 0.6) is 0 Å². The van der Waals surface area contributed by atoms with E-state index in [2.05, 4.69) is 29.2 Å². The topological polar surface area (TPSA) is 38.5 Å². The van der Waals surface area contributed by atoms with Gasteiger partial charge in [-0.1, -0.05) is 18.2 Å². The first-order chi connectivity index (χ1) is 8.33. The normalized spacial score (nSPS) is 27.5. The molecule has 3 nitrogen and oxygen atoms in total. The van der Waals surface area contributed by atoms with E-state index in [9.17, 15) is 0 Å². The third-order valence-corrected chi connectivity index (χ3v) is 4.13. The molecular formula is C14H20N2O. The lowest BCUT2D eigenvalue weighted by atomic mass is 9.87. The highest BCUT2D eigenvalue weighted by molar-refractivity contribution is 5.58. The van der Waals surface area contributed by atoms with Crippen LogP contribution in [0.15, 0.2) is 24.3 Å². The van der Waals surface area contributed by atoms with Gasteiger partial charge in [-0.2, -0.15) is 0 Å².